The Hall–Kier alpha value is -0.430. The molecule has 3 heteroatoms. The molecule has 0 radical (unpaired) electrons. The van der Waals surface area contributed by atoms with Crippen LogP contribution in [0.1, 0.15) is 13.8 Å². The van der Waals surface area contributed by atoms with E-state index < -0.39 is 8.38 Å². The number of hydrogen-bond acceptors (Lipinski definition) is 2. The Bertz CT molecular complexity index is 223. The van der Waals surface area contributed by atoms with Crippen LogP contribution in [0, 0.1) is 0 Å². The van der Waals surface area contributed by atoms with Gasteiger partial charge in [-0.1, -0.05) is 18.2 Å². The fourth-order valence-corrected chi connectivity index (χ4v) is 1.76. The van der Waals surface area contributed by atoms with Crippen molar-refractivity contribution in [2.75, 3.05) is 0 Å². The summed E-state index contributed by atoms with van der Waals surface area (Å²) in [5, 5.41) is 0.862. The molecule has 0 aliphatic carbocycles. The minimum atomic E-state index is -1.42. The van der Waals surface area contributed by atoms with Crippen molar-refractivity contribution in [3.8, 4) is 0 Å². The lowest BCUT2D eigenvalue weighted by molar-refractivity contribution is 0.246. The fraction of sp³-hybridized carbons (Fsp3) is 0.333. The summed E-state index contributed by atoms with van der Waals surface area (Å²) < 4.78 is 5.26. The molecule has 0 saturated heterocycles. The van der Waals surface area contributed by atoms with Gasteiger partial charge in [0.05, 0.1) is 6.10 Å². The lowest BCUT2D eigenvalue weighted by Crippen LogP contribution is -2.06. The zero-order valence-electron chi connectivity index (χ0n) is 7.27. The predicted molar refractivity (Wildman–Crippen MR) is 51.4 cm³/mol. The van der Waals surface area contributed by atoms with Gasteiger partial charge in [0.1, 0.15) is 0 Å². The van der Waals surface area contributed by atoms with E-state index in [9.17, 15) is 4.89 Å². The van der Waals surface area contributed by atoms with Crippen molar-refractivity contribution in [2.24, 2.45) is 0 Å². The number of rotatable bonds is 3. The van der Waals surface area contributed by atoms with Crippen molar-refractivity contribution >= 4 is 13.7 Å². The normalized spacial score (nSPS) is 13.3. The minimum Gasteiger partial charge on any atom is -0.346 e. The third kappa shape index (κ3) is 2.90. The van der Waals surface area contributed by atoms with E-state index in [-0.39, 0.29) is 6.10 Å². The first-order chi connectivity index (χ1) is 5.70. The van der Waals surface area contributed by atoms with Gasteiger partial charge in [-0.05, 0) is 26.0 Å². The second-order valence-corrected chi connectivity index (χ2v) is 4.04. The lowest BCUT2D eigenvalue weighted by Gasteiger charge is -2.13. The van der Waals surface area contributed by atoms with Crippen LogP contribution < -0.4 is 5.30 Å². The molecule has 0 fully saturated rings. The lowest BCUT2D eigenvalue weighted by atomic mass is 10.4. The van der Waals surface area contributed by atoms with E-state index in [1.54, 1.807) is 0 Å². The average molecular weight is 184 g/mol. The molecule has 1 rings (SSSR count). The van der Waals surface area contributed by atoms with Gasteiger partial charge < -0.3 is 9.42 Å². The van der Waals surface area contributed by atoms with Gasteiger partial charge in [0, 0.05) is 5.30 Å². The summed E-state index contributed by atoms with van der Waals surface area (Å²) in [5.41, 5.74) is 0. The van der Waals surface area contributed by atoms with E-state index in [2.05, 4.69) is 0 Å². The van der Waals surface area contributed by atoms with Gasteiger partial charge >= 0.3 is 0 Å². The summed E-state index contributed by atoms with van der Waals surface area (Å²) in [7, 11) is -1.42. The summed E-state index contributed by atoms with van der Waals surface area (Å²) in [6.07, 6.45) is 0.0707. The summed E-state index contributed by atoms with van der Waals surface area (Å²) >= 11 is 0. The zero-order chi connectivity index (χ0) is 8.97. The highest BCUT2D eigenvalue weighted by atomic mass is 31.2. The van der Waals surface area contributed by atoms with Crippen LogP contribution in [0.3, 0.4) is 0 Å². The molecule has 0 amide bonds. The van der Waals surface area contributed by atoms with E-state index in [0.29, 0.717) is 0 Å². The molecule has 12 heavy (non-hydrogen) atoms. The molecule has 2 nitrogen and oxygen atoms in total. The summed E-state index contributed by atoms with van der Waals surface area (Å²) in [5.74, 6) is 0. The highest BCUT2D eigenvalue weighted by Gasteiger charge is 2.09. The quantitative estimate of drug-likeness (QED) is 0.728. The molecule has 0 bridgehead atoms. The molecule has 1 unspecified atom stereocenters. The van der Waals surface area contributed by atoms with Crippen molar-refractivity contribution < 1.29 is 9.42 Å². The molecule has 0 saturated carbocycles. The van der Waals surface area contributed by atoms with Crippen LogP contribution in [-0.2, 0) is 4.52 Å². The highest BCUT2D eigenvalue weighted by molar-refractivity contribution is 7.55. The molecule has 0 spiro atoms. The maximum absolute atomic E-state index is 9.53. The maximum Gasteiger partial charge on any atom is 0.202 e. The average Bonchev–Trinajstić information content (AvgIpc) is 2.05. The topological polar surface area (TPSA) is 29.5 Å². The van der Waals surface area contributed by atoms with Gasteiger partial charge in [0.15, 0.2) is 0 Å². The molecule has 1 atom stereocenters. The summed E-state index contributed by atoms with van der Waals surface area (Å²) in [6, 6.07) is 9.44. The monoisotopic (exact) mass is 184 g/mol. The standard InChI is InChI=1S/C9H13O2P/c1-8(2)11-12(10)9-6-4-3-5-7-9/h3-8,10H,1-2H3. The zero-order valence-corrected chi connectivity index (χ0v) is 8.16. The smallest absolute Gasteiger partial charge is 0.202 e. The molecule has 0 aromatic heterocycles. The third-order valence-electron chi connectivity index (χ3n) is 1.29. The Morgan fingerprint density at radius 3 is 2.33 bits per heavy atom. The van der Waals surface area contributed by atoms with Gasteiger partial charge in [0.2, 0.25) is 8.38 Å². The molecular weight excluding hydrogens is 171 g/mol. The van der Waals surface area contributed by atoms with Gasteiger partial charge in [-0.15, -0.1) is 0 Å². The van der Waals surface area contributed by atoms with Crippen LogP contribution in [0.2, 0.25) is 0 Å². The van der Waals surface area contributed by atoms with Crippen molar-refractivity contribution in [2.45, 2.75) is 20.0 Å². The van der Waals surface area contributed by atoms with Crippen LogP contribution in [0.4, 0.5) is 0 Å². The van der Waals surface area contributed by atoms with Gasteiger partial charge in [0.25, 0.3) is 0 Å². The Morgan fingerprint density at radius 2 is 1.83 bits per heavy atom. The van der Waals surface area contributed by atoms with E-state index in [4.69, 9.17) is 4.52 Å². The molecule has 66 valence electrons. The first-order valence-corrected chi connectivity index (χ1v) is 5.12. The maximum atomic E-state index is 9.53. The molecule has 1 aromatic carbocycles. The van der Waals surface area contributed by atoms with Gasteiger partial charge in [-0.3, -0.25) is 0 Å². The Balaban J connectivity index is 2.59. The van der Waals surface area contributed by atoms with Crippen LogP contribution in [-0.4, -0.2) is 11.0 Å². The Kier molecular flexibility index (Phi) is 3.67. The van der Waals surface area contributed by atoms with Crippen molar-refractivity contribution in [3.05, 3.63) is 30.3 Å². The van der Waals surface area contributed by atoms with Gasteiger partial charge in [-0.2, -0.15) is 0 Å². The largest absolute Gasteiger partial charge is 0.346 e. The van der Waals surface area contributed by atoms with Gasteiger partial charge in [-0.25, -0.2) is 0 Å². The number of benzene rings is 1. The Morgan fingerprint density at radius 1 is 1.25 bits per heavy atom. The first kappa shape index (κ1) is 9.66. The van der Waals surface area contributed by atoms with Crippen LogP contribution in [0.5, 0.6) is 0 Å². The first-order valence-electron chi connectivity index (χ1n) is 3.91. The van der Waals surface area contributed by atoms with Crippen molar-refractivity contribution in [1.82, 2.24) is 0 Å². The second-order valence-electron chi connectivity index (χ2n) is 2.76. The molecule has 0 aliphatic rings. The molecule has 0 aliphatic heterocycles. The third-order valence-corrected chi connectivity index (χ3v) is 2.65. The van der Waals surface area contributed by atoms with Crippen LogP contribution in [0.15, 0.2) is 30.3 Å². The van der Waals surface area contributed by atoms with E-state index in [1.165, 1.54) is 0 Å². The summed E-state index contributed by atoms with van der Waals surface area (Å²) in [4.78, 5) is 9.53. The highest BCUT2D eigenvalue weighted by Crippen LogP contribution is 2.31. The molecular formula is C9H13O2P. The minimum absolute atomic E-state index is 0.0707. The van der Waals surface area contributed by atoms with Crippen LogP contribution >= 0.6 is 8.38 Å². The molecule has 1 aromatic rings. The molecule has 1 N–H and O–H groups in total. The van der Waals surface area contributed by atoms with Crippen molar-refractivity contribution in [3.63, 3.8) is 0 Å². The predicted octanol–water partition coefficient (Wildman–Crippen LogP) is 2.04. The number of hydrogen-bond donors (Lipinski definition) is 1. The van der Waals surface area contributed by atoms with E-state index in [0.717, 1.165) is 5.30 Å². The van der Waals surface area contributed by atoms with E-state index >= 15 is 0 Å². The van der Waals surface area contributed by atoms with Crippen LogP contribution in [0.25, 0.3) is 0 Å². The van der Waals surface area contributed by atoms with E-state index in [1.807, 2.05) is 44.2 Å². The van der Waals surface area contributed by atoms with Crippen molar-refractivity contribution in [1.29, 1.82) is 0 Å². The fourth-order valence-electron chi connectivity index (χ4n) is 0.816. The molecule has 0 heterocycles. The SMILES string of the molecule is CC(C)OP(O)c1ccccc1. The summed E-state index contributed by atoms with van der Waals surface area (Å²) in [6.45, 7) is 3.82. The second kappa shape index (κ2) is 4.56. The Labute approximate surface area is 74.1 Å².